The highest BCUT2D eigenvalue weighted by atomic mass is 16.5. The van der Waals surface area contributed by atoms with E-state index >= 15 is 0 Å². The Bertz CT molecular complexity index is 593. The van der Waals surface area contributed by atoms with E-state index in [-0.39, 0.29) is 12.1 Å². The van der Waals surface area contributed by atoms with Crippen LogP contribution in [0.25, 0.3) is 5.82 Å². The van der Waals surface area contributed by atoms with Crippen molar-refractivity contribution in [1.82, 2.24) is 20.1 Å². The molecule has 0 spiro atoms. The van der Waals surface area contributed by atoms with Crippen LogP contribution in [-0.2, 0) is 4.74 Å². The van der Waals surface area contributed by atoms with Gasteiger partial charge in [0, 0.05) is 31.7 Å². The van der Waals surface area contributed by atoms with Gasteiger partial charge in [-0.05, 0) is 31.0 Å². The Morgan fingerprint density at radius 3 is 3.14 bits per heavy atom. The number of carbonyl (C=O) groups is 1. The zero-order valence-corrected chi connectivity index (χ0v) is 11.5. The molecule has 0 radical (unpaired) electrons. The molecule has 1 unspecified atom stereocenters. The monoisotopic (exact) mass is 287 g/mol. The maximum Gasteiger partial charge on any atom is 0.319 e. The van der Waals surface area contributed by atoms with Crippen molar-refractivity contribution in [3.63, 3.8) is 0 Å². The Labute approximate surface area is 122 Å². The van der Waals surface area contributed by atoms with Gasteiger partial charge in [0.15, 0.2) is 5.82 Å². The fourth-order valence-electron chi connectivity index (χ4n) is 2.25. The molecule has 2 N–H and O–H groups in total. The van der Waals surface area contributed by atoms with Crippen LogP contribution in [-0.4, -0.2) is 40.1 Å². The number of aromatic nitrogens is 3. The van der Waals surface area contributed by atoms with Gasteiger partial charge in [-0.25, -0.2) is 14.5 Å². The number of rotatable bonds is 4. The standard InChI is InChI=1S/C14H17N5O2/c20-14(16-10-11-4-2-9-21-11)18-12-5-1-6-15-13(12)19-8-3-7-17-19/h1,3,5-8,11H,2,4,9-10H2,(H2,16,18,20). The average molecular weight is 287 g/mol. The zero-order chi connectivity index (χ0) is 14.5. The van der Waals surface area contributed by atoms with Gasteiger partial charge in [0.1, 0.15) is 0 Å². The minimum atomic E-state index is -0.271. The summed E-state index contributed by atoms with van der Waals surface area (Å²) >= 11 is 0. The van der Waals surface area contributed by atoms with Gasteiger partial charge in [0.05, 0.1) is 11.8 Å². The minimum absolute atomic E-state index is 0.121. The Morgan fingerprint density at radius 1 is 1.43 bits per heavy atom. The summed E-state index contributed by atoms with van der Waals surface area (Å²) in [4.78, 5) is 16.2. The number of amides is 2. The van der Waals surface area contributed by atoms with Gasteiger partial charge in [-0.2, -0.15) is 5.10 Å². The summed E-state index contributed by atoms with van der Waals surface area (Å²) < 4.78 is 7.07. The predicted molar refractivity (Wildman–Crippen MR) is 77.4 cm³/mol. The molecule has 21 heavy (non-hydrogen) atoms. The molecule has 1 atom stereocenters. The van der Waals surface area contributed by atoms with Crippen LogP contribution in [0, 0.1) is 0 Å². The number of hydrogen-bond donors (Lipinski definition) is 2. The molecule has 2 amide bonds. The van der Waals surface area contributed by atoms with Gasteiger partial charge in [-0.3, -0.25) is 0 Å². The van der Waals surface area contributed by atoms with Gasteiger partial charge >= 0.3 is 6.03 Å². The highest BCUT2D eigenvalue weighted by Gasteiger charge is 2.16. The van der Waals surface area contributed by atoms with Gasteiger partial charge in [-0.1, -0.05) is 0 Å². The van der Waals surface area contributed by atoms with Crippen LogP contribution in [0.1, 0.15) is 12.8 Å². The van der Waals surface area contributed by atoms with Crippen LogP contribution in [0.2, 0.25) is 0 Å². The van der Waals surface area contributed by atoms with Crippen LogP contribution in [0.4, 0.5) is 10.5 Å². The molecule has 3 rings (SSSR count). The van der Waals surface area contributed by atoms with E-state index in [1.54, 1.807) is 41.5 Å². The lowest BCUT2D eigenvalue weighted by atomic mass is 10.2. The molecule has 2 aromatic heterocycles. The van der Waals surface area contributed by atoms with Gasteiger partial charge in [0.2, 0.25) is 0 Å². The fraction of sp³-hybridized carbons (Fsp3) is 0.357. The second kappa shape index (κ2) is 6.36. The van der Waals surface area contributed by atoms with Crippen LogP contribution < -0.4 is 10.6 Å². The van der Waals surface area contributed by atoms with E-state index in [1.165, 1.54) is 0 Å². The first-order valence-electron chi connectivity index (χ1n) is 6.94. The quantitative estimate of drug-likeness (QED) is 0.894. The molecule has 0 aromatic carbocycles. The molecule has 7 nitrogen and oxygen atoms in total. The number of urea groups is 1. The van der Waals surface area contributed by atoms with Crippen molar-refractivity contribution in [3.05, 3.63) is 36.8 Å². The van der Waals surface area contributed by atoms with Crippen molar-refractivity contribution in [3.8, 4) is 5.82 Å². The van der Waals surface area contributed by atoms with Gasteiger partial charge < -0.3 is 15.4 Å². The number of ether oxygens (including phenoxy) is 1. The molecule has 3 heterocycles. The average Bonchev–Trinajstić information content (AvgIpc) is 3.19. The lowest BCUT2D eigenvalue weighted by Crippen LogP contribution is -2.35. The molecule has 0 aliphatic carbocycles. The van der Waals surface area contributed by atoms with Crippen molar-refractivity contribution in [2.24, 2.45) is 0 Å². The Kier molecular flexibility index (Phi) is 4.11. The third-order valence-corrected chi connectivity index (χ3v) is 3.27. The van der Waals surface area contributed by atoms with E-state index in [0.29, 0.717) is 18.1 Å². The third kappa shape index (κ3) is 3.38. The lowest BCUT2D eigenvalue weighted by molar-refractivity contribution is 0.112. The van der Waals surface area contributed by atoms with E-state index in [2.05, 4.69) is 20.7 Å². The number of pyridine rings is 1. The summed E-state index contributed by atoms with van der Waals surface area (Å²) in [5.74, 6) is 0.578. The summed E-state index contributed by atoms with van der Waals surface area (Å²) in [5.41, 5.74) is 0.603. The normalized spacial score (nSPS) is 17.6. The van der Waals surface area contributed by atoms with Crippen molar-refractivity contribution in [2.45, 2.75) is 18.9 Å². The number of nitrogens with zero attached hydrogens (tertiary/aromatic N) is 3. The Hall–Kier alpha value is -2.41. The molecule has 1 fully saturated rings. The molecule has 7 heteroatoms. The smallest absolute Gasteiger partial charge is 0.319 e. The second-order valence-electron chi connectivity index (χ2n) is 4.80. The number of anilines is 1. The molecule has 1 saturated heterocycles. The van der Waals surface area contributed by atoms with E-state index in [0.717, 1.165) is 19.4 Å². The first kappa shape index (κ1) is 13.6. The van der Waals surface area contributed by atoms with Crippen molar-refractivity contribution >= 4 is 11.7 Å². The molecule has 1 aliphatic rings. The molecule has 1 aliphatic heterocycles. The number of nitrogens with one attached hydrogen (secondary N) is 2. The highest BCUT2D eigenvalue weighted by Crippen LogP contribution is 2.16. The van der Waals surface area contributed by atoms with Crippen LogP contribution in [0.3, 0.4) is 0 Å². The SMILES string of the molecule is O=C(NCC1CCCO1)Nc1cccnc1-n1cccn1. The maximum atomic E-state index is 12.0. The minimum Gasteiger partial charge on any atom is -0.376 e. The maximum absolute atomic E-state index is 12.0. The molecule has 0 saturated carbocycles. The van der Waals surface area contributed by atoms with Crippen LogP contribution >= 0.6 is 0 Å². The molecular weight excluding hydrogens is 270 g/mol. The molecular formula is C14H17N5O2. The summed E-state index contributed by atoms with van der Waals surface area (Å²) in [5, 5.41) is 9.73. The fourth-order valence-corrected chi connectivity index (χ4v) is 2.25. The molecule has 0 bridgehead atoms. The topological polar surface area (TPSA) is 81.1 Å². The summed E-state index contributed by atoms with van der Waals surface area (Å²) in [6.07, 6.45) is 7.27. The van der Waals surface area contributed by atoms with Gasteiger partial charge in [-0.15, -0.1) is 0 Å². The van der Waals surface area contributed by atoms with E-state index in [1.807, 2.05) is 0 Å². The van der Waals surface area contributed by atoms with E-state index < -0.39 is 0 Å². The second-order valence-corrected chi connectivity index (χ2v) is 4.80. The molecule has 2 aromatic rings. The van der Waals surface area contributed by atoms with Crippen LogP contribution in [0.5, 0.6) is 0 Å². The summed E-state index contributed by atoms with van der Waals surface area (Å²) in [6, 6.07) is 5.08. The third-order valence-electron chi connectivity index (χ3n) is 3.27. The number of carbonyl (C=O) groups excluding carboxylic acids is 1. The summed E-state index contributed by atoms with van der Waals surface area (Å²) in [6.45, 7) is 1.29. The van der Waals surface area contributed by atoms with E-state index in [9.17, 15) is 4.79 Å². The van der Waals surface area contributed by atoms with Crippen LogP contribution in [0.15, 0.2) is 36.8 Å². The predicted octanol–water partition coefficient (Wildman–Crippen LogP) is 1.57. The molecule has 110 valence electrons. The summed E-state index contributed by atoms with van der Waals surface area (Å²) in [7, 11) is 0. The van der Waals surface area contributed by atoms with Crippen molar-refractivity contribution < 1.29 is 9.53 Å². The van der Waals surface area contributed by atoms with Gasteiger partial charge in [0.25, 0.3) is 0 Å². The van der Waals surface area contributed by atoms with E-state index in [4.69, 9.17) is 4.74 Å². The Balaban J connectivity index is 1.63. The highest BCUT2D eigenvalue weighted by molar-refractivity contribution is 5.90. The zero-order valence-electron chi connectivity index (χ0n) is 11.5. The number of hydrogen-bond acceptors (Lipinski definition) is 4. The van der Waals surface area contributed by atoms with Crippen molar-refractivity contribution in [2.75, 3.05) is 18.5 Å². The first-order valence-corrected chi connectivity index (χ1v) is 6.94. The Morgan fingerprint density at radius 2 is 2.38 bits per heavy atom. The first-order chi connectivity index (χ1) is 10.3. The largest absolute Gasteiger partial charge is 0.376 e. The lowest BCUT2D eigenvalue weighted by Gasteiger charge is -2.13. The van der Waals surface area contributed by atoms with Crippen molar-refractivity contribution in [1.29, 1.82) is 0 Å².